The lowest BCUT2D eigenvalue weighted by Gasteiger charge is -2.32. The number of benzene rings is 2. The van der Waals surface area contributed by atoms with E-state index >= 15 is 0 Å². The molecular weight excluding hydrogens is 391 g/mol. The third kappa shape index (κ3) is 5.56. The highest BCUT2D eigenvalue weighted by Gasteiger charge is 2.57. The molecule has 3 rings (SSSR count). The topological polar surface area (TPSA) is 61.8 Å². The van der Waals surface area contributed by atoms with Crippen LogP contribution in [0.25, 0.3) is 0 Å². The summed E-state index contributed by atoms with van der Waals surface area (Å²) in [6.45, 7) is 6.28. The predicted octanol–water partition coefficient (Wildman–Crippen LogP) is 3.71. The van der Waals surface area contributed by atoms with Gasteiger partial charge in [-0.2, -0.15) is 0 Å². The third-order valence-electron chi connectivity index (χ3n) is 6.23. The molecule has 0 aliphatic carbocycles. The second-order valence-electron chi connectivity index (χ2n) is 8.89. The van der Waals surface area contributed by atoms with Gasteiger partial charge < -0.3 is 14.2 Å². The molecule has 5 nitrogen and oxygen atoms in total. The van der Waals surface area contributed by atoms with Crippen molar-refractivity contribution in [2.45, 2.75) is 58.4 Å². The van der Waals surface area contributed by atoms with Crippen molar-refractivity contribution >= 4 is 19.8 Å². The van der Waals surface area contributed by atoms with Gasteiger partial charge in [-0.15, -0.1) is 0 Å². The fraction of sp³-hybridized carbons (Fsp3) is 0.440. The maximum Gasteiger partial charge on any atom is 0.312 e. The van der Waals surface area contributed by atoms with Crippen molar-refractivity contribution in [3.8, 4) is 0 Å². The minimum Gasteiger partial charge on any atom is -0.461 e. The second-order valence-corrected chi connectivity index (χ2v) is 8.89. The van der Waals surface area contributed by atoms with Crippen LogP contribution >= 0.6 is 0 Å². The van der Waals surface area contributed by atoms with Crippen molar-refractivity contribution in [3.63, 3.8) is 0 Å². The van der Waals surface area contributed by atoms with Gasteiger partial charge in [-0.25, -0.2) is 0 Å². The molecule has 0 radical (unpaired) electrons. The van der Waals surface area contributed by atoms with E-state index in [9.17, 15) is 9.59 Å². The SMILES string of the molecule is B[C@H](C)C1OC(C)[C@@](C)(CC(=O)OCc2ccccc2)C1C(=O)OCc1ccccc1. The smallest absolute Gasteiger partial charge is 0.312 e. The molecule has 1 heterocycles. The van der Waals surface area contributed by atoms with Crippen molar-refractivity contribution in [1.82, 2.24) is 0 Å². The standard InChI is InChI=1S/C25H31BO5/c1-17(26)23-22(24(28)30-16-20-12-8-5-9-13-20)25(3,18(2)31-23)14-21(27)29-15-19-10-6-4-7-11-19/h4-13,17-18,22-23H,14-16,26H2,1-3H3/t17-,18?,22?,23?,25-/m1/s1. The van der Waals surface area contributed by atoms with Crippen LogP contribution in [0.15, 0.2) is 60.7 Å². The van der Waals surface area contributed by atoms with Crippen molar-refractivity contribution < 1.29 is 23.8 Å². The van der Waals surface area contributed by atoms with E-state index in [1.807, 2.05) is 89.3 Å². The number of rotatable bonds is 8. The first-order valence-electron chi connectivity index (χ1n) is 10.9. The van der Waals surface area contributed by atoms with Crippen LogP contribution in [-0.2, 0) is 37.0 Å². The van der Waals surface area contributed by atoms with Gasteiger partial charge in [0.1, 0.15) is 21.1 Å². The molecule has 31 heavy (non-hydrogen) atoms. The average molecular weight is 422 g/mol. The highest BCUT2D eigenvalue weighted by molar-refractivity contribution is 6.12. The number of ether oxygens (including phenoxy) is 3. The summed E-state index contributed by atoms with van der Waals surface area (Å²) in [5.41, 5.74) is 1.14. The van der Waals surface area contributed by atoms with E-state index in [1.165, 1.54) is 0 Å². The molecule has 3 unspecified atom stereocenters. The van der Waals surface area contributed by atoms with Gasteiger partial charge in [-0.1, -0.05) is 74.5 Å². The molecular formula is C25H31BO5. The predicted molar refractivity (Wildman–Crippen MR) is 121 cm³/mol. The van der Waals surface area contributed by atoms with Gasteiger partial charge in [0.15, 0.2) is 0 Å². The summed E-state index contributed by atoms with van der Waals surface area (Å²) in [6, 6.07) is 19.1. The van der Waals surface area contributed by atoms with E-state index in [0.29, 0.717) is 0 Å². The van der Waals surface area contributed by atoms with Crippen LogP contribution in [-0.4, -0.2) is 32.0 Å². The van der Waals surface area contributed by atoms with Gasteiger partial charge >= 0.3 is 11.9 Å². The Morgan fingerprint density at radius 2 is 1.52 bits per heavy atom. The Bertz CT molecular complexity index is 870. The van der Waals surface area contributed by atoms with Crippen LogP contribution in [0.3, 0.4) is 0 Å². The molecule has 0 spiro atoms. The number of hydrogen-bond donors (Lipinski definition) is 0. The molecule has 0 amide bonds. The van der Waals surface area contributed by atoms with E-state index in [0.717, 1.165) is 11.1 Å². The molecule has 2 aromatic rings. The maximum absolute atomic E-state index is 13.2. The number of esters is 2. The first-order chi connectivity index (χ1) is 14.8. The zero-order valence-electron chi connectivity index (χ0n) is 18.7. The normalized spacial score (nSPS) is 26.2. The van der Waals surface area contributed by atoms with Crippen LogP contribution in [0.4, 0.5) is 0 Å². The second kappa shape index (κ2) is 10.1. The Morgan fingerprint density at radius 1 is 1.00 bits per heavy atom. The minimum atomic E-state index is -0.712. The molecule has 1 fully saturated rings. The van der Waals surface area contributed by atoms with Crippen molar-refractivity contribution in [3.05, 3.63) is 71.8 Å². The molecule has 5 atom stereocenters. The lowest BCUT2D eigenvalue weighted by atomic mass is 9.66. The van der Waals surface area contributed by atoms with E-state index < -0.39 is 11.3 Å². The maximum atomic E-state index is 13.2. The third-order valence-corrected chi connectivity index (χ3v) is 6.23. The summed E-state index contributed by atoms with van der Waals surface area (Å²) in [7, 11) is 2.02. The molecule has 0 N–H and O–H groups in total. The van der Waals surface area contributed by atoms with Crippen LogP contribution in [0.2, 0.25) is 5.82 Å². The van der Waals surface area contributed by atoms with Crippen molar-refractivity contribution in [2.24, 2.45) is 11.3 Å². The fourth-order valence-electron chi connectivity index (χ4n) is 4.22. The van der Waals surface area contributed by atoms with Crippen LogP contribution in [0.5, 0.6) is 0 Å². The van der Waals surface area contributed by atoms with Gasteiger partial charge in [0.05, 0.1) is 24.5 Å². The van der Waals surface area contributed by atoms with E-state index in [-0.39, 0.29) is 49.6 Å². The van der Waals surface area contributed by atoms with Crippen molar-refractivity contribution in [1.29, 1.82) is 0 Å². The zero-order valence-corrected chi connectivity index (χ0v) is 18.7. The zero-order chi connectivity index (χ0) is 22.4. The van der Waals surface area contributed by atoms with E-state index in [2.05, 4.69) is 0 Å². The molecule has 164 valence electrons. The quantitative estimate of drug-likeness (QED) is 0.480. The number of hydrogen-bond acceptors (Lipinski definition) is 5. The largest absolute Gasteiger partial charge is 0.461 e. The minimum absolute atomic E-state index is 0.0926. The monoisotopic (exact) mass is 422 g/mol. The van der Waals surface area contributed by atoms with E-state index in [1.54, 1.807) is 0 Å². The summed E-state index contributed by atoms with van der Waals surface area (Å²) in [4.78, 5) is 25.9. The number of carbonyl (C=O) groups is 2. The summed E-state index contributed by atoms with van der Waals surface area (Å²) in [6.07, 6.45) is -0.501. The average Bonchev–Trinajstić information content (AvgIpc) is 3.02. The first kappa shape index (κ1) is 23.1. The molecule has 0 aromatic heterocycles. The Morgan fingerprint density at radius 3 is 2.03 bits per heavy atom. The fourth-order valence-corrected chi connectivity index (χ4v) is 4.22. The molecule has 2 aromatic carbocycles. The Hall–Kier alpha value is -2.60. The van der Waals surface area contributed by atoms with Crippen LogP contribution in [0, 0.1) is 11.3 Å². The van der Waals surface area contributed by atoms with Crippen LogP contribution in [0.1, 0.15) is 38.3 Å². The Kier molecular flexibility index (Phi) is 7.55. The van der Waals surface area contributed by atoms with Gasteiger partial charge in [0, 0.05) is 5.41 Å². The Labute approximate surface area is 185 Å². The van der Waals surface area contributed by atoms with Gasteiger partial charge in [-0.05, 0) is 23.9 Å². The van der Waals surface area contributed by atoms with Crippen LogP contribution < -0.4 is 0 Å². The van der Waals surface area contributed by atoms with Gasteiger partial charge in [-0.3, -0.25) is 9.59 Å². The molecule has 0 bridgehead atoms. The molecule has 6 heteroatoms. The number of carbonyl (C=O) groups excluding carboxylic acids is 2. The lowest BCUT2D eigenvalue weighted by Crippen LogP contribution is -2.42. The van der Waals surface area contributed by atoms with E-state index in [4.69, 9.17) is 14.2 Å². The lowest BCUT2D eigenvalue weighted by molar-refractivity contribution is -0.157. The molecule has 1 aliphatic heterocycles. The summed E-state index contributed by atoms with van der Waals surface area (Å²) >= 11 is 0. The molecule has 0 saturated carbocycles. The Balaban J connectivity index is 1.71. The summed E-state index contributed by atoms with van der Waals surface area (Å²) < 4.78 is 17.4. The summed E-state index contributed by atoms with van der Waals surface area (Å²) in [5.74, 6) is -1.10. The molecule has 1 aliphatic rings. The molecule has 1 saturated heterocycles. The highest BCUT2D eigenvalue weighted by atomic mass is 16.5. The van der Waals surface area contributed by atoms with Gasteiger partial charge in [0.2, 0.25) is 0 Å². The highest BCUT2D eigenvalue weighted by Crippen LogP contribution is 2.49. The summed E-state index contributed by atoms with van der Waals surface area (Å²) in [5, 5.41) is 0. The van der Waals surface area contributed by atoms with Gasteiger partial charge in [0.25, 0.3) is 0 Å². The van der Waals surface area contributed by atoms with Crippen molar-refractivity contribution in [2.75, 3.05) is 0 Å². The first-order valence-corrected chi connectivity index (χ1v) is 10.9.